The quantitative estimate of drug-likeness (QED) is 0.0269. The molecule has 0 saturated carbocycles. The van der Waals surface area contributed by atoms with Gasteiger partial charge in [0.05, 0.1) is 26.4 Å². The van der Waals surface area contributed by atoms with Crippen molar-refractivity contribution in [2.45, 2.75) is 313 Å². The second kappa shape index (κ2) is 55.7. The lowest BCUT2D eigenvalue weighted by Gasteiger charge is -2.26. The van der Waals surface area contributed by atoms with E-state index in [1.54, 1.807) is 0 Å². The van der Waals surface area contributed by atoms with E-state index in [1.165, 1.54) is 153 Å². The molecule has 0 aliphatic carbocycles. The summed E-state index contributed by atoms with van der Waals surface area (Å²) in [6, 6.07) is -1.21. The fraction of sp³-hybridized carbons (Fsp3) is 0.905. The van der Waals surface area contributed by atoms with Gasteiger partial charge < -0.3 is 81.4 Å². The lowest BCUT2D eigenvalue weighted by atomic mass is 10.0. The maximum Gasteiger partial charge on any atom is 0.328 e. The summed E-state index contributed by atoms with van der Waals surface area (Å²) in [7, 11) is 0. The zero-order chi connectivity index (χ0) is 63.3. The lowest BCUT2D eigenvalue weighted by molar-refractivity contribution is -0.150. The van der Waals surface area contributed by atoms with E-state index in [4.69, 9.17) is 19.7 Å². The van der Waals surface area contributed by atoms with Crippen molar-refractivity contribution in [3.63, 3.8) is 0 Å². The van der Waals surface area contributed by atoms with Crippen molar-refractivity contribution in [3.8, 4) is 0 Å². The smallest absolute Gasteiger partial charge is 0.328 e. The molecule has 85 heavy (non-hydrogen) atoms. The Morgan fingerprint density at radius 1 is 0.400 bits per heavy atom. The Morgan fingerprint density at radius 3 is 1.07 bits per heavy atom. The minimum absolute atomic E-state index is 0.0412. The molecule has 22 heteroatoms. The van der Waals surface area contributed by atoms with Gasteiger partial charge in [0.25, 0.3) is 11.8 Å². The molecular formula is C63H120N4O18. The number of hydrogen-bond acceptors (Lipinski definition) is 18. The lowest BCUT2D eigenvalue weighted by Crippen LogP contribution is -2.52. The molecule has 0 radical (unpaired) electrons. The molecule has 13 N–H and O–H groups in total. The highest BCUT2D eigenvalue weighted by molar-refractivity contribution is 5.88. The fourth-order valence-electron chi connectivity index (χ4n) is 9.88. The van der Waals surface area contributed by atoms with Gasteiger partial charge in [-0.05, 0) is 32.1 Å². The van der Waals surface area contributed by atoms with Gasteiger partial charge in [0.1, 0.15) is 42.7 Å². The summed E-state index contributed by atoms with van der Waals surface area (Å²) in [5, 5.41) is 105. The van der Waals surface area contributed by atoms with Gasteiger partial charge in [0.15, 0.2) is 12.2 Å². The minimum Gasteiger partial charge on any atom is -0.466 e. The Balaban J connectivity index is 5.48. The van der Waals surface area contributed by atoms with E-state index < -0.39 is 110 Å². The molecule has 0 aromatic heterocycles. The number of amides is 4. The van der Waals surface area contributed by atoms with Gasteiger partial charge in [-0.1, -0.05) is 206 Å². The number of esters is 2. The molecule has 0 fully saturated rings. The maximum absolute atomic E-state index is 13.7. The van der Waals surface area contributed by atoms with Crippen LogP contribution in [0.4, 0.5) is 0 Å². The van der Waals surface area contributed by atoms with Gasteiger partial charge in [-0.15, -0.1) is 0 Å². The maximum atomic E-state index is 13.7. The minimum atomic E-state index is -2.20. The van der Waals surface area contributed by atoms with Crippen molar-refractivity contribution in [2.75, 3.05) is 52.6 Å². The molecular weight excluding hydrogens is 1100 g/mol. The van der Waals surface area contributed by atoms with Crippen LogP contribution in [0.15, 0.2) is 0 Å². The number of aliphatic hydroxyl groups excluding tert-OH is 10. The normalized spacial score (nSPS) is 14.7. The van der Waals surface area contributed by atoms with Crippen LogP contribution in [-0.4, -0.2) is 199 Å². The third-order valence-electron chi connectivity index (χ3n) is 15.5. The largest absolute Gasteiger partial charge is 0.466 e. The van der Waals surface area contributed by atoms with Crippen LogP contribution in [0.2, 0.25) is 0 Å². The SMILES string of the molecule is CCCCCCCCCCCCCCCCCCOC(=O)CC[C@H](NC(=O)CCC(=O)N(CCCNC(=O)C(O)[C@@H](O)[C@H](O)C(O)CO)CCCNC(=O)[C@H](O)[C@@H](O)[C@H](O)[C@H](O)CO)C(=O)OCCCCCCCCCCCCCCCCCC. The monoisotopic (exact) mass is 1220 g/mol. The standard InChI is InChI=1S/C63H120N4O18/c1-3-5-7-9-11-13-15-17-19-21-23-25-27-29-31-33-45-84-54(74)40-37-49(63(83)85-46-34-32-30-28-26-24-22-20-18-16-14-12-10-8-6-4-2)66-52(72)38-39-53(73)67(43-35-41-64-61(81)59(79)57(77)55(75)50(70)47-68)44-36-42-65-62(82)60(80)58(78)56(76)51(71)48-69/h49-51,55-60,68-71,75-80H,3-48H2,1-2H3,(H,64,81)(H,65,82)(H,66,72)/t49-,50+,51?,55+,56+,57-,58-,59+,60?/m0/s1. The summed E-state index contributed by atoms with van der Waals surface area (Å²) in [5.74, 6) is -4.75. The van der Waals surface area contributed by atoms with Crippen LogP contribution in [0, 0.1) is 0 Å². The highest BCUT2D eigenvalue weighted by Gasteiger charge is 2.35. The number of nitrogens with one attached hydrogen (secondary N) is 3. The molecule has 4 amide bonds. The number of hydrogen-bond donors (Lipinski definition) is 13. The van der Waals surface area contributed by atoms with Crippen LogP contribution in [0.5, 0.6) is 0 Å². The average molecular weight is 1220 g/mol. The second-order valence-electron chi connectivity index (χ2n) is 23.2. The summed E-state index contributed by atoms with van der Waals surface area (Å²) in [6.07, 6.45) is 21.1. The molecule has 9 atom stereocenters. The molecule has 0 aliphatic heterocycles. The van der Waals surface area contributed by atoms with Gasteiger partial charge in [-0.3, -0.25) is 24.0 Å². The third kappa shape index (κ3) is 43.7. The second-order valence-corrected chi connectivity index (χ2v) is 23.2. The van der Waals surface area contributed by atoms with Crippen molar-refractivity contribution < 1.29 is 89.3 Å². The molecule has 0 bridgehead atoms. The number of carbonyl (C=O) groups excluding carboxylic acids is 6. The molecule has 500 valence electrons. The fourth-order valence-corrected chi connectivity index (χ4v) is 9.88. The van der Waals surface area contributed by atoms with Crippen molar-refractivity contribution in [2.24, 2.45) is 0 Å². The Kier molecular flexibility index (Phi) is 53.4. The number of ether oxygens (including phenoxy) is 2. The molecule has 0 spiro atoms. The first kappa shape index (κ1) is 81.4. The average Bonchev–Trinajstić information content (AvgIpc) is 3.53. The Labute approximate surface area is 509 Å². The van der Waals surface area contributed by atoms with Crippen LogP contribution in [0.3, 0.4) is 0 Å². The molecule has 0 saturated heterocycles. The number of aliphatic hydroxyl groups is 10. The number of unbranched alkanes of at least 4 members (excludes halogenated alkanes) is 30. The number of carbonyl (C=O) groups is 6. The van der Waals surface area contributed by atoms with E-state index in [0.717, 1.165) is 44.9 Å². The Bertz CT molecular complexity index is 1620. The van der Waals surface area contributed by atoms with Crippen LogP contribution in [0.25, 0.3) is 0 Å². The van der Waals surface area contributed by atoms with Crippen LogP contribution >= 0.6 is 0 Å². The zero-order valence-corrected chi connectivity index (χ0v) is 52.4. The number of nitrogens with zero attached hydrogens (tertiary/aromatic N) is 1. The Hall–Kier alpha value is -3.58. The molecule has 0 heterocycles. The predicted octanol–water partition coefficient (Wildman–Crippen LogP) is 5.35. The van der Waals surface area contributed by atoms with Gasteiger partial charge in [-0.25, -0.2) is 4.79 Å². The highest BCUT2D eigenvalue weighted by atomic mass is 16.5. The van der Waals surface area contributed by atoms with E-state index >= 15 is 0 Å². The first-order valence-electron chi connectivity index (χ1n) is 33.1. The van der Waals surface area contributed by atoms with Gasteiger partial charge in [-0.2, -0.15) is 0 Å². The van der Waals surface area contributed by atoms with Crippen molar-refractivity contribution in [1.82, 2.24) is 20.9 Å². The third-order valence-corrected chi connectivity index (χ3v) is 15.5. The van der Waals surface area contributed by atoms with Crippen LogP contribution in [0.1, 0.15) is 258 Å². The first-order chi connectivity index (χ1) is 41.0. The van der Waals surface area contributed by atoms with E-state index in [2.05, 4.69) is 29.8 Å². The van der Waals surface area contributed by atoms with Gasteiger partial charge >= 0.3 is 11.9 Å². The highest BCUT2D eigenvalue weighted by Crippen LogP contribution is 2.17. The van der Waals surface area contributed by atoms with Crippen molar-refractivity contribution in [3.05, 3.63) is 0 Å². The molecule has 0 aliphatic rings. The summed E-state index contributed by atoms with van der Waals surface area (Å²) in [4.78, 5) is 79.8. The van der Waals surface area contributed by atoms with Gasteiger partial charge in [0, 0.05) is 45.4 Å². The molecule has 0 rings (SSSR count). The summed E-state index contributed by atoms with van der Waals surface area (Å²) < 4.78 is 11.1. The Morgan fingerprint density at radius 2 is 0.729 bits per heavy atom. The molecule has 22 nitrogen and oxygen atoms in total. The number of rotatable bonds is 60. The molecule has 2 unspecified atom stereocenters. The van der Waals surface area contributed by atoms with Crippen molar-refractivity contribution >= 4 is 35.6 Å². The summed E-state index contributed by atoms with van der Waals surface area (Å²) in [6.45, 7) is 2.45. The first-order valence-corrected chi connectivity index (χ1v) is 33.1. The van der Waals surface area contributed by atoms with Gasteiger partial charge in [0.2, 0.25) is 11.8 Å². The van der Waals surface area contributed by atoms with E-state index in [1.807, 2.05) is 0 Å². The van der Waals surface area contributed by atoms with Crippen LogP contribution in [-0.2, 0) is 38.2 Å². The van der Waals surface area contributed by atoms with E-state index in [0.29, 0.717) is 12.8 Å². The predicted molar refractivity (Wildman–Crippen MR) is 325 cm³/mol. The molecule has 0 aromatic rings. The summed E-state index contributed by atoms with van der Waals surface area (Å²) in [5.41, 5.74) is 0. The zero-order valence-electron chi connectivity index (χ0n) is 52.4. The summed E-state index contributed by atoms with van der Waals surface area (Å²) >= 11 is 0. The van der Waals surface area contributed by atoms with Crippen molar-refractivity contribution in [1.29, 1.82) is 0 Å². The van der Waals surface area contributed by atoms with E-state index in [-0.39, 0.29) is 71.5 Å². The topological polar surface area (TPSA) is 363 Å². The van der Waals surface area contributed by atoms with Crippen LogP contribution < -0.4 is 16.0 Å². The molecule has 0 aromatic carbocycles. The van der Waals surface area contributed by atoms with E-state index in [9.17, 15) is 69.6 Å².